The highest BCUT2D eigenvalue weighted by Gasteiger charge is 2.40. The number of hydrogen-bond donors (Lipinski definition) is 1. The molecule has 21 heavy (non-hydrogen) atoms. The Hall–Kier alpha value is -1.51. The van der Waals surface area contributed by atoms with Crippen molar-refractivity contribution in [2.75, 3.05) is 5.32 Å². The molecule has 0 saturated carbocycles. The van der Waals surface area contributed by atoms with Crippen LogP contribution in [0.5, 0.6) is 0 Å². The Balaban J connectivity index is 1.86. The maximum atomic E-state index is 6.43. The summed E-state index contributed by atoms with van der Waals surface area (Å²) < 4.78 is 0. The molecule has 0 radical (unpaired) electrons. The maximum Gasteiger partial charge on any atom is 0.0725 e. The number of hydrogen-bond acceptors (Lipinski definition) is 2. The number of benzene rings is 1. The summed E-state index contributed by atoms with van der Waals surface area (Å²) in [6, 6.07) is 9.93. The molecular weight excluding hydrogens is 303 g/mol. The smallest absolute Gasteiger partial charge is 0.0725 e. The zero-order chi connectivity index (χ0) is 14.4. The number of pyridine rings is 1. The van der Waals surface area contributed by atoms with Crippen LogP contribution in [0.4, 0.5) is 5.69 Å². The average Bonchev–Trinajstić information content (AvgIpc) is 3.00. The highest BCUT2D eigenvalue weighted by molar-refractivity contribution is 6.36. The predicted octanol–water partition coefficient (Wildman–Crippen LogP) is 5.21. The summed E-state index contributed by atoms with van der Waals surface area (Å²) in [5.41, 5.74) is 3.13. The van der Waals surface area contributed by atoms with Gasteiger partial charge in [-0.2, -0.15) is 0 Å². The molecule has 4 rings (SSSR count). The molecule has 1 aromatic carbocycles. The highest BCUT2D eigenvalue weighted by Crippen LogP contribution is 2.53. The van der Waals surface area contributed by atoms with E-state index >= 15 is 0 Å². The molecule has 4 heteroatoms. The minimum atomic E-state index is 0.162. The summed E-state index contributed by atoms with van der Waals surface area (Å²) in [7, 11) is 0. The second-order valence-electron chi connectivity index (χ2n) is 5.55. The van der Waals surface area contributed by atoms with Gasteiger partial charge in [0.2, 0.25) is 0 Å². The zero-order valence-corrected chi connectivity index (χ0v) is 12.8. The maximum absolute atomic E-state index is 6.43. The Morgan fingerprint density at radius 1 is 1.10 bits per heavy atom. The number of nitrogens with zero attached hydrogens (tertiary/aromatic N) is 1. The Labute approximate surface area is 133 Å². The molecule has 2 aliphatic rings. The summed E-state index contributed by atoms with van der Waals surface area (Å²) in [5, 5.41) is 5.07. The van der Waals surface area contributed by atoms with Gasteiger partial charge in [0, 0.05) is 22.7 Å². The molecule has 1 N–H and O–H groups in total. The van der Waals surface area contributed by atoms with Gasteiger partial charge in [0.15, 0.2) is 0 Å². The molecule has 1 aliphatic heterocycles. The van der Waals surface area contributed by atoms with Crippen molar-refractivity contribution in [3.8, 4) is 0 Å². The van der Waals surface area contributed by atoms with Gasteiger partial charge >= 0.3 is 0 Å². The standard InChI is InChI=1S/C17H14Cl2N2/c18-12-7-8-13(19)17-15(12)10-4-3-5-11(10)16(21-17)14-6-1-2-9-20-14/h1-4,6-11,16,21H,5H2/t10-,11+,16-/m1/s1. The summed E-state index contributed by atoms with van der Waals surface area (Å²) >= 11 is 12.8. The van der Waals surface area contributed by atoms with Crippen LogP contribution >= 0.6 is 23.2 Å². The van der Waals surface area contributed by atoms with Gasteiger partial charge in [-0.25, -0.2) is 0 Å². The molecule has 2 heterocycles. The van der Waals surface area contributed by atoms with Gasteiger partial charge in [0.1, 0.15) is 0 Å². The molecule has 3 atom stereocenters. The monoisotopic (exact) mass is 316 g/mol. The lowest BCUT2D eigenvalue weighted by molar-refractivity contribution is 0.419. The first-order valence-electron chi connectivity index (χ1n) is 7.07. The van der Waals surface area contributed by atoms with Crippen LogP contribution in [0.1, 0.15) is 29.6 Å². The van der Waals surface area contributed by atoms with E-state index in [-0.39, 0.29) is 6.04 Å². The first kappa shape index (κ1) is 13.2. The van der Waals surface area contributed by atoms with E-state index in [0.29, 0.717) is 16.9 Å². The van der Waals surface area contributed by atoms with Crippen molar-refractivity contribution in [1.29, 1.82) is 0 Å². The molecule has 0 spiro atoms. The van der Waals surface area contributed by atoms with E-state index in [9.17, 15) is 0 Å². The average molecular weight is 317 g/mol. The van der Waals surface area contributed by atoms with E-state index in [1.165, 1.54) is 0 Å². The van der Waals surface area contributed by atoms with Crippen molar-refractivity contribution in [3.63, 3.8) is 0 Å². The van der Waals surface area contributed by atoms with Crippen molar-refractivity contribution >= 4 is 28.9 Å². The van der Waals surface area contributed by atoms with Crippen LogP contribution in [-0.4, -0.2) is 4.98 Å². The number of rotatable bonds is 1. The summed E-state index contributed by atoms with van der Waals surface area (Å²) in [5.74, 6) is 0.739. The van der Waals surface area contributed by atoms with Crippen molar-refractivity contribution in [2.24, 2.45) is 5.92 Å². The molecule has 2 nitrogen and oxygen atoms in total. The fraction of sp³-hybridized carbons (Fsp3) is 0.235. The molecule has 0 bridgehead atoms. The van der Waals surface area contributed by atoms with Crippen LogP contribution in [0.25, 0.3) is 0 Å². The van der Waals surface area contributed by atoms with Crippen LogP contribution in [0.15, 0.2) is 48.7 Å². The molecule has 0 fully saturated rings. The van der Waals surface area contributed by atoms with Crippen molar-refractivity contribution in [2.45, 2.75) is 18.4 Å². The van der Waals surface area contributed by atoms with Gasteiger partial charge < -0.3 is 5.32 Å². The van der Waals surface area contributed by atoms with E-state index in [4.69, 9.17) is 23.2 Å². The Morgan fingerprint density at radius 2 is 1.95 bits per heavy atom. The number of fused-ring (bicyclic) bond motifs is 3. The minimum absolute atomic E-state index is 0.162. The van der Waals surface area contributed by atoms with E-state index in [1.807, 2.05) is 30.5 Å². The first-order valence-corrected chi connectivity index (χ1v) is 7.83. The quantitative estimate of drug-likeness (QED) is 0.730. The lowest BCUT2D eigenvalue weighted by atomic mass is 9.78. The third-order valence-corrected chi connectivity index (χ3v) is 5.07. The summed E-state index contributed by atoms with van der Waals surface area (Å²) in [6.45, 7) is 0. The van der Waals surface area contributed by atoms with E-state index in [1.54, 1.807) is 0 Å². The summed E-state index contributed by atoms with van der Waals surface area (Å²) in [6.07, 6.45) is 7.35. The molecular formula is C17H14Cl2N2. The second-order valence-corrected chi connectivity index (χ2v) is 6.36. The SMILES string of the molecule is Clc1ccc(Cl)c2c1N[C@@H](c1ccccn1)[C@H]1CC=C[C@@H]21. The Morgan fingerprint density at radius 3 is 2.76 bits per heavy atom. The Kier molecular flexibility index (Phi) is 3.16. The van der Waals surface area contributed by atoms with Crippen LogP contribution in [0.2, 0.25) is 10.0 Å². The molecule has 0 amide bonds. The molecule has 0 saturated heterocycles. The van der Waals surface area contributed by atoms with Gasteiger partial charge in [0.05, 0.1) is 22.4 Å². The van der Waals surface area contributed by atoms with Gasteiger partial charge in [0.25, 0.3) is 0 Å². The van der Waals surface area contributed by atoms with Crippen molar-refractivity contribution < 1.29 is 0 Å². The minimum Gasteiger partial charge on any atom is -0.375 e. The largest absolute Gasteiger partial charge is 0.375 e. The molecule has 0 unspecified atom stereocenters. The molecule has 1 aromatic heterocycles. The van der Waals surface area contributed by atoms with Crippen LogP contribution in [0.3, 0.4) is 0 Å². The zero-order valence-electron chi connectivity index (χ0n) is 11.3. The number of halogens is 2. The number of allylic oxidation sites excluding steroid dienone is 2. The Bertz CT molecular complexity index is 712. The topological polar surface area (TPSA) is 24.9 Å². The van der Waals surface area contributed by atoms with Gasteiger partial charge in [-0.3, -0.25) is 4.98 Å². The van der Waals surface area contributed by atoms with Gasteiger partial charge in [-0.1, -0.05) is 41.4 Å². The highest BCUT2D eigenvalue weighted by atomic mass is 35.5. The number of anilines is 1. The van der Waals surface area contributed by atoms with E-state index in [0.717, 1.165) is 28.4 Å². The molecule has 106 valence electrons. The van der Waals surface area contributed by atoms with Gasteiger partial charge in [-0.15, -0.1) is 0 Å². The number of aromatic nitrogens is 1. The third-order valence-electron chi connectivity index (χ3n) is 4.42. The van der Waals surface area contributed by atoms with Gasteiger partial charge in [-0.05, 0) is 36.6 Å². The first-order chi connectivity index (χ1) is 10.3. The summed E-state index contributed by atoms with van der Waals surface area (Å²) in [4.78, 5) is 4.52. The van der Waals surface area contributed by atoms with Crippen molar-refractivity contribution in [3.05, 3.63) is 70.0 Å². The fourth-order valence-corrected chi connectivity index (χ4v) is 3.98. The van der Waals surface area contributed by atoms with Crippen LogP contribution in [0, 0.1) is 5.92 Å². The number of nitrogens with one attached hydrogen (secondary N) is 1. The van der Waals surface area contributed by atoms with E-state index in [2.05, 4.69) is 28.5 Å². The molecule has 1 aliphatic carbocycles. The lowest BCUT2D eigenvalue weighted by Gasteiger charge is -2.37. The second kappa shape index (κ2) is 5.04. The molecule has 2 aromatic rings. The predicted molar refractivity (Wildman–Crippen MR) is 87.1 cm³/mol. The lowest BCUT2D eigenvalue weighted by Crippen LogP contribution is -2.30. The van der Waals surface area contributed by atoms with E-state index < -0.39 is 0 Å². The fourth-order valence-electron chi connectivity index (χ4n) is 3.48. The third kappa shape index (κ3) is 2.05. The van der Waals surface area contributed by atoms with Crippen LogP contribution in [-0.2, 0) is 0 Å². The van der Waals surface area contributed by atoms with Crippen LogP contribution < -0.4 is 5.32 Å². The normalized spacial score (nSPS) is 26.1. The van der Waals surface area contributed by atoms with Crippen molar-refractivity contribution in [1.82, 2.24) is 4.98 Å².